The van der Waals surface area contributed by atoms with Crippen molar-refractivity contribution in [3.63, 3.8) is 0 Å². The summed E-state index contributed by atoms with van der Waals surface area (Å²) >= 11 is 0. The highest BCUT2D eigenvalue weighted by atomic mass is 16.4. The van der Waals surface area contributed by atoms with Crippen molar-refractivity contribution in [3.05, 3.63) is 11.1 Å². The van der Waals surface area contributed by atoms with Crippen molar-refractivity contribution >= 4 is 11.9 Å². The van der Waals surface area contributed by atoms with Crippen molar-refractivity contribution in [1.82, 2.24) is 5.32 Å². The summed E-state index contributed by atoms with van der Waals surface area (Å²) in [5, 5.41) is 11.1. The Hall–Kier alpha value is -1.32. The van der Waals surface area contributed by atoms with Gasteiger partial charge < -0.3 is 10.4 Å². The van der Waals surface area contributed by atoms with Crippen LogP contribution in [0, 0.1) is 0 Å². The first-order valence-electron chi connectivity index (χ1n) is 3.69. The maximum Gasteiger partial charge on any atom is 0.331 e. The van der Waals surface area contributed by atoms with Crippen LogP contribution in [-0.4, -0.2) is 23.5 Å². The molecular weight excluding hydrogens is 158 g/mol. The molecule has 0 radical (unpaired) electrons. The summed E-state index contributed by atoms with van der Waals surface area (Å²) in [6.45, 7) is 5.19. The summed E-state index contributed by atoms with van der Waals surface area (Å²) in [5.41, 5.74) is 0.338. The van der Waals surface area contributed by atoms with Gasteiger partial charge in [-0.2, -0.15) is 0 Å². The lowest BCUT2D eigenvalue weighted by molar-refractivity contribution is -0.133. The maximum absolute atomic E-state index is 11.1. The van der Waals surface area contributed by atoms with Crippen LogP contribution in [0.5, 0.6) is 0 Å². The largest absolute Gasteiger partial charge is 0.478 e. The average molecular weight is 171 g/mol. The van der Waals surface area contributed by atoms with E-state index in [-0.39, 0.29) is 17.1 Å². The summed E-state index contributed by atoms with van der Waals surface area (Å²) in [6.07, 6.45) is 0. The maximum atomic E-state index is 11.1. The number of hydrogen-bond donors (Lipinski definition) is 2. The molecule has 0 atom stereocenters. The Morgan fingerprint density at radius 1 is 1.25 bits per heavy atom. The number of carboxylic acid groups (broad SMARTS) is 1. The van der Waals surface area contributed by atoms with Gasteiger partial charge in [-0.1, -0.05) is 0 Å². The van der Waals surface area contributed by atoms with Crippen molar-refractivity contribution < 1.29 is 14.7 Å². The molecule has 0 unspecified atom stereocenters. The fraction of sp³-hybridized carbons (Fsp3) is 0.500. The Morgan fingerprint density at radius 2 is 1.75 bits per heavy atom. The number of carbonyl (C=O) groups is 2. The van der Waals surface area contributed by atoms with E-state index in [4.69, 9.17) is 5.11 Å². The third-order valence-corrected chi connectivity index (χ3v) is 1.56. The summed E-state index contributed by atoms with van der Waals surface area (Å²) in [7, 11) is 0. The van der Waals surface area contributed by atoms with E-state index in [1.165, 1.54) is 13.8 Å². The van der Waals surface area contributed by atoms with Crippen molar-refractivity contribution in [2.75, 3.05) is 6.54 Å². The minimum atomic E-state index is -1.06. The van der Waals surface area contributed by atoms with E-state index in [1.54, 1.807) is 6.92 Å². The summed E-state index contributed by atoms with van der Waals surface area (Å²) in [6, 6.07) is 0. The van der Waals surface area contributed by atoms with Gasteiger partial charge in [0.05, 0.1) is 0 Å². The lowest BCUT2D eigenvalue weighted by Crippen LogP contribution is -2.25. The van der Waals surface area contributed by atoms with Crippen LogP contribution >= 0.6 is 0 Å². The molecule has 0 aliphatic carbocycles. The summed E-state index contributed by atoms with van der Waals surface area (Å²) in [5.74, 6) is -1.38. The molecule has 0 saturated carbocycles. The Balaban J connectivity index is 4.55. The summed E-state index contributed by atoms with van der Waals surface area (Å²) < 4.78 is 0. The Kier molecular flexibility index (Phi) is 4.04. The van der Waals surface area contributed by atoms with E-state index >= 15 is 0 Å². The van der Waals surface area contributed by atoms with Crippen LogP contribution in [0.2, 0.25) is 0 Å². The van der Waals surface area contributed by atoms with Gasteiger partial charge in [0.1, 0.15) is 0 Å². The van der Waals surface area contributed by atoms with Crippen LogP contribution in [0.3, 0.4) is 0 Å². The average Bonchev–Trinajstić information content (AvgIpc) is 2.02. The van der Waals surface area contributed by atoms with Gasteiger partial charge in [-0.3, -0.25) is 4.79 Å². The summed E-state index contributed by atoms with van der Waals surface area (Å²) in [4.78, 5) is 21.5. The molecule has 1 amide bonds. The third-order valence-electron chi connectivity index (χ3n) is 1.56. The van der Waals surface area contributed by atoms with Crippen molar-refractivity contribution in [2.45, 2.75) is 20.8 Å². The zero-order valence-corrected chi connectivity index (χ0v) is 7.47. The minimum absolute atomic E-state index is 0.0842. The molecule has 0 aliphatic rings. The molecule has 68 valence electrons. The van der Waals surface area contributed by atoms with Gasteiger partial charge in [0.2, 0.25) is 5.91 Å². The molecular formula is C8H13NO3. The van der Waals surface area contributed by atoms with Crippen molar-refractivity contribution in [3.8, 4) is 0 Å². The second-order valence-corrected chi connectivity index (χ2v) is 2.41. The lowest BCUT2D eigenvalue weighted by atomic mass is 10.1. The standard InChI is InChI=1S/C8H13NO3/c1-4-9-7(10)5(2)6(3)8(11)12/h4H2,1-3H3,(H,9,10)(H,11,12). The quantitative estimate of drug-likeness (QED) is 0.609. The number of amides is 1. The van der Waals surface area contributed by atoms with Gasteiger partial charge in [0, 0.05) is 17.7 Å². The normalized spacial score (nSPS) is 11.9. The van der Waals surface area contributed by atoms with E-state index in [1.807, 2.05) is 0 Å². The van der Waals surface area contributed by atoms with E-state index in [0.717, 1.165) is 0 Å². The van der Waals surface area contributed by atoms with E-state index in [9.17, 15) is 9.59 Å². The Morgan fingerprint density at radius 3 is 2.08 bits per heavy atom. The predicted octanol–water partition coefficient (Wildman–Crippen LogP) is 0.544. The van der Waals surface area contributed by atoms with Gasteiger partial charge in [-0.25, -0.2) is 4.79 Å². The fourth-order valence-corrected chi connectivity index (χ4v) is 0.624. The molecule has 0 saturated heterocycles. The highest BCUT2D eigenvalue weighted by Gasteiger charge is 2.10. The molecule has 0 aliphatic heterocycles. The monoisotopic (exact) mass is 171 g/mol. The first-order valence-corrected chi connectivity index (χ1v) is 3.69. The molecule has 4 heteroatoms. The number of rotatable bonds is 3. The van der Waals surface area contributed by atoms with Crippen LogP contribution in [0.25, 0.3) is 0 Å². The molecule has 0 aromatic heterocycles. The smallest absolute Gasteiger partial charge is 0.331 e. The molecule has 4 nitrogen and oxygen atoms in total. The minimum Gasteiger partial charge on any atom is -0.478 e. The molecule has 0 rings (SSSR count). The number of carbonyl (C=O) groups excluding carboxylic acids is 1. The third kappa shape index (κ3) is 2.74. The predicted molar refractivity (Wildman–Crippen MR) is 44.7 cm³/mol. The highest BCUT2D eigenvalue weighted by molar-refractivity contribution is 6.01. The number of likely N-dealkylation sites (N-methyl/N-ethyl adjacent to an activating group) is 1. The molecule has 0 spiro atoms. The van der Waals surface area contributed by atoms with E-state index in [0.29, 0.717) is 6.54 Å². The van der Waals surface area contributed by atoms with E-state index in [2.05, 4.69) is 5.32 Å². The molecule has 0 aromatic carbocycles. The molecule has 0 heterocycles. The van der Waals surface area contributed by atoms with Crippen LogP contribution < -0.4 is 5.32 Å². The number of nitrogens with one attached hydrogen (secondary N) is 1. The molecule has 0 fully saturated rings. The van der Waals surface area contributed by atoms with Crippen LogP contribution in [0.1, 0.15) is 20.8 Å². The second-order valence-electron chi connectivity index (χ2n) is 2.41. The van der Waals surface area contributed by atoms with Gasteiger partial charge in [-0.15, -0.1) is 0 Å². The van der Waals surface area contributed by atoms with Crippen LogP contribution in [-0.2, 0) is 9.59 Å². The molecule has 2 N–H and O–H groups in total. The molecule has 0 bridgehead atoms. The number of carboxylic acids is 1. The Labute approximate surface area is 71.3 Å². The first-order chi connectivity index (χ1) is 5.50. The van der Waals surface area contributed by atoms with Gasteiger partial charge in [-0.05, 0) is 20.8 Å². The van der Waals surface area contributed by atoms with Crippen LogP contribution in [0.15, 0.2) is 11.1 Å². The first kappa shape index (κ1) is 10.7. The lowest BCUT2D eigenvalue weighted by Gasteiger charge is -2.03. The van der Waals surface area contributed by atoms with Crippen molar-refractivity contribution in [1.29, 1.82) is 0 Å². The van der Waals surface area contributed by atoms with Gasteiger partial charge in [0.15, 0.2) is 0 Å². The highest BCUT2D eigenvalue weighted by Crippen LogP contribution is 2.02. The zero-order chi connectivity index (χ0) is 9.72. The van der Waals surface area contributed by atoms with Crippen molar-refractivity contribution in [2.24, 2.45) is 0 Å². The molecule has 0 aromatic rings. The van der Waals surface area contributed by atoms with Gasteiger partial charge in [0.25, 0.3) is 0 Å². The van der Waals surface area contributed by atoms with Gasteiger partial charge >= 0.3 is 5.97 Å². The Bertz CT molecular complexity index is 230. The van der Waals surface area contributed by atoms with Crippen LogP contribution in [0.4, 0.5) is 0 Å². The fourth-order valence-electron chi connectivity index (χ4n) is 0.624. The zero-order valence-electron chi connectivity index (χ0n) is 7.47. The van der Waals surface area contributed by atoms with E-state index < -0.39 is 5.97 Å². The number of hydrogen-bond acceptors (Lipinski definition) is 2. The number of aliphatic carboxylic acids is 1. The SMILES string of the molecule is CCNC(=O)C(C)=C(C)C(=O)O. The molecule has 12 heavy (non-hydrogen) atoms. The second kappa shape index (κ2) is 4.54. The topological polar surface area (TPSA) is 66.4 Å².